The number of benzene rings is 1. The SMILES string of the molecule is CCCCCCCC/C=C/CCCCCCCc1cc2oc3cc(O)c(O)cc3c2c(=O)o1. The molecular formula is C28H38O5. The summed E-state index contributed by atoms with van der Waals surface area (Å²) in [6, 6.07) is 4.39. The van der Waals surface area contributed by atoms with E-state index in [1.807, 2.05) is 0 Å². The van der Waals surface area contributed by atoms with Crippen LogP contribution in [-0.4, -0.2) is 10.2 Å². The number of hydrogen-bond donors (Lipinski definition) is 2. The predicted molar refractivity (Wildman–Crippen MR) is 134 cm³/mol. The summed E-state index contributed by atoms with van der Waals surface area (Å²) in [5.74, 6) is 0.0408. The summed E-state index contributed by atoms with van der Waals surface area (Å²) in [7, 11) is 0. The fourth-order valence-electron chi connectivity index (χ4n) is 4.29. The first-order chi connectivity index (χ1) is 16.1. The van der Waals surface area contributed by atoms with E-state index in [4.69, 9.17) is 8.83 Å². The van der Waals surface area contributed by atoms with Gasteiger partial charge in [-0.2, -0.15) is 0 Å². The molecule has 3 rings (SSSR count). The van der Waals surface area contributed by atoms with Crippen molar-refractivity contribution >= 4 is 21.9 Å². The van der Waals surface area contributed by atoms with Crippen molar-refractivity contribution in [1.82, 2.24) is 0 Å². The molecule has 0 spiro atoms. The number of fused-ring (bicyclic) bond motifs is 3. The van der Waals surface area contributed by atoms with E-state index in [1.54, 1.807) is 6.07 Å². The minimum absolute atomic E-state index is 0.278. The van der Waals surface area contributed by atoms with Gasteiger partial charge in [-0.15, -0.1) is 0 Å². The number of allylic oxidation sites excluding steroid dienone is 2. The van der Waals surface area contributed by atoms with Crippen molar-refractivity contribution in [3.8, 4) is 11.5 Å². The predicted octanol–water partition coefficient (Wildman–Crippen LogP) is 8.14. The fraction of sp³-hybridized carbons (Fsp3) is 0.536. The molecule has 0 aliphatic heterocycles. The van der Waals surface area contributed by atoms with Gasteiger partial charge in [-0.25, -0.2) is 4.79 Å². The second-order valence-electron chi connectivity index (χ2n) is 9.01. The van der Waals surface area contributed by atoms with Crippen LogP contribution in [0.15, 0.2) is 44.0 Å². The van der Waals surface area contributed by atoms with Crippen molar-refractivity contribution in [3.63, 3.8) is 0 Å². The molecule has 0 atom stereocenters. The van der Waals surface area contributed by atoms with Gasteiger partial charge in [0, 0.05) is 23.9 Å². The maximum Gasteiger partial charge on any atom is 0.347 e. The minimum Gasteiger partial charge on any atom is -0.504 e. The Labute approximate surface area is 196 Å². The molecule has 3 aromatic rings. The van der Waals surface area contributed by atoms with E-state index in [9.17, 15) is 15.0 Å². The summed E-state index contributed by atoms with van der Waals surface area (Å²) in [6.45, 7) is 2.26. The Morgan fingerprint density at radius 1 is 0.727 bits per heavy atom. The van der Waals surface area contributed by atoms with Gasteiger partial charge >= 0.3 is 5.63 Å². The third-order valence-corrected chi connectivity index (χ3v) is 6.22. The Balaban J connectivity index is 1.33. The number of aromatic hydroxyl groups is 2. The van der Waals surface area contributed by atoms with Gasteiger partial charge in [-0.3, -0.25) is 0 Å². The lowest BCUT2D eigenvalue weighted by atomic mass is 10.1. The lowest BCUT2D eigenvalue weighted by Gasteiger charge is -2.01. The van der Waals surface area contributed by atoms with E-state index >= 15 is 0 Å². The number of hydrogen-bond acceptors (Lipinski definition) is 5. The monoisotopic (exact) mass is 454 g/mol. The summed E-state index contributed by atoms with van der Waals surface area (Å²) in [5.41, 5.74) is 0.304. The molecule has 1 aromatic carbocycles. The topological polar surface area (TPSA) is 83.8 Å². The number of aryl methyl sites for hydroxylation is 1. The first kappa shape index (κ1) is 24.9. The van der Waals surface area contributed by atoms with E-state index in [0.717, 1.165) is 12.8 Å². The number of unbranched alkanes of at least 4 members (excludes halogenated alkanes) is 11. The molecule has 0 amide bonds. The van der Waals surface area contributed by atoms with Gasteiger partial charge in [-0.1, -0.05) is 70.4 Å². The smallest absolute Gasteiger partial charge is 0.347 e. The zero-order valence-corrected chi connectivity index (χ0v) is 19.9. The van der Waals surface area contributed by atoms with Crippen LogP contribution in [-0.2, 0) is 6.42 Å². The highest BCUT2D eigenvalue weighted by Crippen LogP contribution is 2.35. The van der Waals surface area contributed by atoms with E-state index in [0.29, 0.717) is 34.1 Å². The fourth-order valence-corrected chi connectivity index (χ4v) is 4.29. The summed E-state index contributed by atoms with van der Waals surface area (Å²) in [6.07, 6.45) is 21.6. The molecular weight excluding hydrogens is 416 g/mol. The Kier molecular flexibility index (Phi) is 9.92. The highest BCUT2D eigenvalue weighted by molar-refractivity contribution is 6.05. The standard InChI is InChI=1S/C28H38O5/c1-2-3-4-5-6-7-8-9-10-11-12-13-14-15-16-17-21-18-26-27(28(31)32-21)22-19-23(29)24(30)20-25(22)33-26/h9-10,18-20,29-30H,2-8,11-17H2,1H3/b10-9+. The lowest BCUT2D eigenvalue weighted by molar-refractivity contribution is 0.404. The Morgan fingerprint density at radius 2 is 1.33 bits per heavy atom. The molecule has 2 aromatic heterocycles. The number of rotatable bonds is 15. The van der Waals surface area contributed by atoms with Crippen molar-refractivity contribution in [3.05, 3.63) is 46.5 Å². The zero-order chi connectivity index (χ0) is 23.5. The van der Waals surface area contributed by atoms with Crippen molar-refractivity contribution in [2.45, 2.75) is 96.8 Å². The molecule has 5 nitrogen and oxygen atoms in total. The van der Waals surface area contributed by atoms with Crippen LogP contribution in [0.1, 0.15) is 96.2 Å². The molecule has 2 N–H and O–H groups in total. The van der Waals surface area contributed by atoms with Gasteiger partial charge in [0.25, 0.3) is 0 Å². The van der Waals surface area contributed by atoms with E-state index in [2.05, 4.69) is 19.1 Å². The molecule has 0 fully saturated rings. The Morgan fingerprint density at radius 3 is 2.03 bits per heavy atom. The van der Waals surface area contributed by atoms with Gasteiger partial charge in [0.15, 0.2) is 11.5 Å². The van der Waals surface area contributed by atoms with Crippen LogP contribution >= 0.6 is 0 Å². The molecule has 5 heteroatoms. The van der Waals surface area contributed by atoms with Gasteiger partial charge < -0.3 is 19.0 Å². The van der Waals surface area contributed by atoms with E-state index in [-0.39, 0.29) is 11.5 Å². The van der Waals surface area contributed by atoms with E-state index in [1.165, 1.54) is 82.8 Å². The summed E-state index contributed by atoms with van der Waals surface area (Å²) in [5, 5.41) is 20.1. The highest BCUT2D eigenvalue weighted by atomic mass is 16.4. The minimum atomic E-state index is -0.473. The van der Waals surface area contributed by atoms with Crippen LogP contribution in [0, 0.1) is 0 Å². The van der Waals surface area contributed by atoms with Crippen LogP contribution in [0.3, 0.4) is 0 Å². The van der Waals surface area contributed by atoms with Gasteiger partial charge in [-0.05, 0) is 38.2 Å². The average molecular weight is 455 g/mol. The van der Waals surface area contributed by atoms with Crippen LogP contribution in [0.2, 0.25) is 0 Å². The first-order valence-corrected chi connectivity index (χ1v) is 12.7. The third kappa shape index (κ3) is 7.41. The van der Waals surface area contributed by atoms with Crippen molar-refractivity contribution < 1.29 is 19.0 Å². The number of furan rings is 1. The zero-order valence-electron chi connectivity index (χ0n) is 19.9. The van der Waals surface area contributed by atoms with Gasteiger partial charge in [0.1, 0.15) is 22.3 Å². The summed E-state index contributed by atoms with van der Waals surface area (Å²) < 4.78 is 11.2. The largest absolute Gasteiger partial charge is 0.504 e. The first-order valence-electron chi connectivity index (χ1n) is 12.7. The molecule has 0 aliphatic rings. The van der Waals surface area contributed by atoms with Crippen LogP contribution in [0.5, 0.6) is 11.5 Å². The molecule has 0 unspecified atom stereocenters. The van der Waals surface area contributed by atoms with Gasteiger partial charge in [0.2, 0.25) is 0 Å². The van der Waals surface area contributed by atoms with Crippen LogP contribution in [0.25, 0.3) is 21.9 Å². The van der Waals surface area contributed by atoms with Gasteiger partial charge in [0.05, 0.1) is 0 Å². The Hall–Kier alpha value is -2.69. The van der Waals surface area contributed by atoms with Crippen LogP contribution < -0.4 is 5.63 Å². The summed E-state index contributed by atoms with van der Waals surface area (Å²) in [4.78, 5) is 12.5. The third-order valence-electron chi connectivity index (χ3n) is 6.22. The molecule has 0 radical (unpaired) electrons. The second kappa shape index (κ2) is 13.1. The van der Waals surface area contributed by atoms with Crippen molar-refractivity contribution in [1.29, 1.82) is 0 Å². The molecule has 2 heterocycles. The van der Waals surface area contributed by atoms with Crippen molar-refractivity contribution in [2.24, 2.45) is 0 Å². The molecule has 0 aliphatic carbocycles. The molecule has 33 heavy (non-hydrogen) atoms. The Bertz CT molecular complexity index is 1090. The van der Waals surface area contributed by atoms with Crippen molar-refractivity contribution in [2.75, 3.05) is 0 Å². The lowest BCUT2D eigenvalue weighted by Crippen LogP contribution is -2.01. The summed E-state index contributed by atoms with van der Waals surface area (Å²) >= 11 is 0. The maximum atomic E-state index is 12.5. The average Bonchev–Trinajstić information content (AvgIpc) is 3.14. The molecule has 0 saturated carbocycles. The quantitative estimate of drug-likeness (QED) is 0.137. The van der Waals surface area contributed by atoms with Crippen LogP contribution in [0.4, 0.5) is 0 Å². The number of phenolic OH excluding ortho intramolecular Hbond substituents is 2. The molecule has 0 bridgehead atoms. The van der Waals surface area contributed by atoms with E-state index < -0.39 is 5.63 Å². The second-order valence-corrected chi connectivity index (χ2v) is 9.01. The molecule has 180 valence electrons. The maximum absolute atomic E-state index is 12.5. The number of phenols is 2. The normalized spacial score (nSPS) is 11.9. The molecule has 0 saturated heterocycles. The highest BCUT2D eigenvalue weighted by Gasteiger charge is 2.16.